The Kier molecular flexibility index (Phi) is 2.30. The van der Waals surface area contributed by atoms with Crippen molar-refractivity contribution in [2.45, 2.75) is 18.9 Å². The molecule has 74 valence electrons. The van der Waals surface area contributed by atoms with E-state index in [0.717, 1.165) is 12.8 Å². The van der Waals surface area contributed by atoms with Crippen molar-refractivity contribution >= 4 is 5.91 Å². The Morgan fingerprint density at radius 1 is 1.50 bits per heavy atom. The summed E-state index contributed by atoms with van der Waals surface area (Å²) in [4.78, 5) is 11.1. The number of carbonyl (C=O) groups is 1. The first-order valence-corrected chi connectivity index (χ1v) is 4.52. The van der Waals surface area contributed by atoms with Crippen molar-refractivity contribution in [3.05, 3.63) is 17.8 Å². The average molecular weight is 193 g/mol. The van der Waals surface area contributed by atoms with Gasteiger partial charge in [-0.1, -0.05) is 0 Å². The molecule has 0 spiro atoms. The molecular formula is C9H11N3O2. The molecular weight excluding hydrogens is 182 g/mol. The van der Waals surface area contributed by atoms with Gasteiger partial charge in [-0.25, -0.2) is 0 Å². The van der Waals surface area contributed by atoms with Gasteiger partial charge in [-0.05, 0) is 18.9 Å². The second-order valence-corrected chi connectivity index (χ2v) is 3.15. The van der Waals surface area contributed by atoms with E-state index in [1.165, 1.54) is 0 Å². The van der Waals surface area contributed by atoms with E-state index in [0.29, 0.717) is 17.7 Å². The Balaban J connectivity index is 2.04. The summed E-state index contributed by atoms with van der Waals surface area (Å²) >= 11 is 0. The maximum atomic E-state index is 11.1. The molecule has 0 unspecified atom stereocenters. The summed E-state index contributed by atoms with van der Waals surface area (Å²) < 4.78 is 5.39. The molecule has 2 rings (SSSR count). The molecule has 1 heterocycles. The lowest BCUT2D eigenvalue weighted by molar-refractivity contribution is 0.0957. The zero-order chi connectivity index (χ0) is 9.97. The summed E-state index contributed by atoms with van der Waals surface area (Å²) in [6.45, 7) is 0. The standard InChI is InChI=1S/C9H11N3O2/c1-10-9(13)7-4-5-8(12-11-7)14-6-2-3-6/h4-6H,2-3H2,1H3,(H,10,13). The van der Waals surface area contributed by atoms with E-state index in [4.69, 9.17) is 4.74 Å². The van der Waals surface area contributed by atoms with Crippen molar-refractivity contribution in [2.75, 3.05) is 7.05 Å². The molecule has 1 aliphatic carbocycles. The smallest absolute Gasteiger partial charge is 0.271 e. The largest absolute Gasteiger partial charge is 0.473 e. The molecule has 1 amide bonds. The fourth-order valence-electron chi connectivity index (χ4n) is 0.989. The van der Waals surface area contributed by atoms with Crippen molar-refractivity contribution < 1.29 is 9.53 Å². The minimum absolute atomic E-state index is 0.240. The highest BCUT2D eigenvalue weighted by Gasteiger charge is 2.24. The molecule has 1 fully saturated rings. The summed E-state index contributed by atoms with van der Waals surface area (Å²) in [5.41, 5.74) is 0.302. The zero-order valence-corrected chi connectivity index (χ0v) is 7.86. The summed E-state index contributed by atoms with van der Waals surface area (Å²) in [7, 11) is 1.55. The molecule has 0 bridgehead atoms. The molecule has 5 nitrogen and oxygen atoms in total. The Labute approximate surface area is 81.5 Å². The topological polar surface area (TPSA) is 64.1 Å². The van der Waals surface area contributed by atoms with Crippen LogP contribution >= 0.6 is 0 Å². The van der Waals surface area contributed by atoms with Gasteiger partial charge in [0.1, 0.15) is 6.10 Å². The highest BCUT2D eigenvalue weighted by atomic mass is 16.5. The van der Waals surface area contributed by atoms with Gasteiger partial charge in [0.25, 0.3) is 5.91 Å². The Morgan fingerprint density at radius 2 is 2.29 bits per heavy atom. The summed E-state index contributed by atoms with van der Waals surface area (Å²) in [6, 6.07) is 3.26. The average Bonchev–Trinajstić information content (AvgIpc) is 3.02. The third kappa shape index (κ3) is 1.99. The fraction of sp³-hybridized carbons (Fsp3) is 0.444. The van der Waals surface area contributed by atoms with Crippen molar-refractivity contribution in [1.82, 2.24) is 15.5 Å². The molecule has 1 N–H and O–H groups in total. The van der Waals surface area contributed by atoms with Gasteiger partial charge >= 0.3 is 0 Å². The normalized spacial score (nSPS) is 14.9. The van der Waals surface area contributed by atoms with E-state index in [1.807, 2.05) is 0 Å². The number of amides is 1. The maximum absolute atomic E-state index is 11.1. The van der Waals surface area contributed by atoms with Gasteiger partial charge in [-0.15, -0.1) is 10.2 Å². The zero-order valence-electron chi connectivity index (χ0n) is 7.86. The van der Waals surface area contributed by atoms with Crippen LogP contribution in [0, 0.1) is 0 Å². The third-order valence-corrected chi connectivity index (χ3v) is 1.91. The van der Waals surface area contributed by atoms with E-state index < -0.39 is 0 Å². The third-order valence-electron chi connectivity index (χ3n) is 1.91. The highest BCUT2D eigenvalue weighted by Crippen LogP contribution is 2.24. The Hall–Kier alpha value is -1.65. The molecule has 0 aliphatic heterocycles. The quantitative estimate of drug-likeness (QED) is 0.753. The SMILES string of the molecule is CNC(=O)c1ccc(OC2CC2)nn1. The number of hydrogen-bond donors (Lipinski definition) is 1. The Morgan fingerprint density at radius 3 is 2.79 bits per heavy atom. The second kappa shape index (κ2) is 3.61. The van der Waals surface area contributed by atoms with Crippen molar-refractivity contribution in [3.8, 4) is 5.88 Å². The van der Waals surface area contributed by atoms with Crippen LogP contribution in [-0.4, -0.2) is 29.3 Å². The molecule has 0 radical (unpaired) electrons. The predicted octanol–water partition coefficient (Wildman–Crippen LogP) is 0.377. The highest BCUT2D eigenvalue weighted by molar-refractivity contribution is 5.91. The van der Waals surface area contributed by atoms with Crippen LogP contribution in [0.25, 0.3) is 0 Å². The van der Waals surface area contributed by atoms with Crippen LogP contribution < -0.4 is 10.1 Å². The molecule has 1 aromatic heterocycles. The molecule has 0 saturated heterocycles. The van der Waals surface area contributed by atoms with E-state index in [2.05, 4.69) is 15.5 Å². The summed E-state index contributed by atoms with van der Waals surface area (Å²) in [5.74, 6) is 0.246. The molecule has 5 heteroatoms. The number of nitrogens with one attached hydrogen (secondary N) is 1. The number of hydrogen-bond acceptors (Lipinski definition) is 4. The summed E-state index contributed by atoms with van der Waals surface area (Å²) in [5, 5.41) is 10.0. The van der Waals surface area contributed by atoms with Crippen molar-refractivity contribution in [2.24, 2.45) is 0 Å². The first kappa shape index (κ1) is 8.93. The van der Waals surface area contributed by atoms with Crippen LogP contribution in [-0.2, 0) is 0 Å². The lowest BCUT2D eigenvalue weighted by Gasteiger charge is -2.02. The van der Waals surface area contributed by atoms with Crippen LogP contribution in [0.3, 0.4) is 0 Å². The van der Waals surface area contributed by atoms with Gasteiger partial charge in [0.05, 0.1) is 0 Å². The second-order valence-electron chi connectivity index (χ2n) is 3.15. The van der Waals surface area contributed by atoms with Gasteiger partial charge in [-0.2, -0.15) is 0 Å². The molecule has 0 aromatic carbocycles. The molecule has 1 aromatic rings. The maximum Gasteiger partial charge on any atom is 0.271 e. The van der Waals surface area contributed by atoms with E-state index >= 15 is 0 Å². The van der Waals surface area contributed by atoms with Gasteiger partial charge < -0.3 is 10.1 Å². The fourth-order valence-corrected chi connectivity index (χ4v) is 0.989. The number of carbonyl (C=O) groups excluding carboxylic acids is 1. The van der Waals surface area contributed by atoms with Gasteiger partial charge in [0, 0.05) is 13.1 Å². The molecule has 0 atom stereocenters. The van der Waals surface area contributed by atoms with Crippen LogP contribution in [0.2, 0.25) is 0 Å². The Bertz CT molecular complexity index is 332. The molecule has 14 heavy (non-hydrogen) atoms. The van der Waals surface area contributed by atoms with E-state index in [1.54, 1.807) is 19.2 Å². The number of aromatic nitrogens is 2. The number of ether oxygens (including phenoxy) is 1. The van der Waals surface area contributed by atoms with Gasteiger partial charge in [0.2, 0.25) is 5.88 Å². The predicted molar refractivity (Wildman–Crippen MR) is 49.1 cm³/mol. The van der Waals surface area contributed by atoms with E-state index in [9.17, 15) is 4.79 Å². The van der Waals surface area contributed by atoms with E-state index in [-0.39, 0.29) is 5.91 Å². The first-order chi connectivity index (χ1) is 6.79. The minimum atomic E-state index is -0.240. The molecule has 1 saturated carbocycles. The van der Waals surface area contributed by atoms with Crippen LogP contribution in [0.4, 0.5) is 0 Å². The van der Waals surface area contributed by atoms with Crippen molar-refractivity contribution in [3.63, 3.8) is 0 Å². The van der Waals surface area contributed by atoms with Crippen molar-refractivity contribution in [1.29, 1.82) is 0 Å². The van der Waals surface area contributed by atoms with Gasteiger partial charge in [-0.3, -0.25) is 4.79 Å². The van der Waals surface area contributed by atoms with Crippen LogP contribution in [0.5, 0.6) is 5.88 Å². The molecule has 1 aliphatic rings. The lowest BCUT2D eigenvalue weighted by atomic mass is 10.4. The number of nitrogens with zero attached hydrogens (tertiary/aromatic N) is 2. The minimum Gasteiger partial charge on any atom is -0.473 e. The summed E-state index contributed by atoms with van der Waals surface area (Å²) in [6.07, 6.45) is 2.47. The monoisotopic (exact) mass is 193 g/mol. The first-order valence-electron chi connectivity index (χ1n) is 4.52. The number of rotatable bonds is 3. The van der Waals surface area contributed by atoms with Crippen LogP contribution in [0.1, 0.15) is 23.3 Å². The van der Waals surface area contributed by atoms with Crippen LogP contribution in [0.15, 0.2) is 12.1 Å². The van der Waals surface area contributed by atoms with Gasteiger partial charge in [0.15, 0.2) is 5.69 Å². The lowest BCUT2D eigenvalue weighted by Crippen LogP contribution is -2.19.